The zero-order valence-electron chi connectivity index (χ0n) is 16.7. The van der Waals surface area contributed by atoms with E-state index in [-0.39, 0.29) is 17.7 Å². The molecule has 170 valence electrons. The highest BCUT2D eigenvalue weighted by molar-refractivity contribution is 8.45. The van der Waals surface area contributed by atoms with Crippen LogP contribution in [0.25, 0.3) is 0 Å². The number of rotatable bonds is 4. The van der Waals surface area contributed by atoms with Crippen molar-refractivity contribution < 1.29 is 24.2 Å². The van der Waals surface area contributed by atoms with Gasteiger partial charge in [-0.25, -0.2) is 0 Å². The molecule has 2 atom stereocenters. The number of amides is 1. The molecule has 31 heavy (non-hydrogen) atoms. The lowest BCUT2D eigenvalue weighted by Gasteiger charge is -2.40. The summed E-state index contributed by atoms with van der Waals surface area (Å²) >= 11 is 6.10. The minimum atomic E-state index is -9.68. The van der Waals surface area contributed by atoms with Gasteiger partial charge in [0, 0.05) is 42.8 Å². The average molecular weight is 481 g/mol. The van der Waals surface area contributed by atoms with Crippen LogP contribution in [0.4, 0.5) is 25.1 Å². The Morgan fingerprint density at radius 2 is 1.58 bits per heavy atom. The van der Waals surface area contributed by atoms with Crippen molar-refractivity contribution in [2.24, 2.45) is 5.92 Å². The third kappa shape index (κ3) is 4.77. The molecule has 1 aliphatic heterocycles. The summed E-state index contributed by atoms with van der Waals surface area (Å²) in [5.74, 6) is -0.581. The number of nitrogens with zero attached hydrogens (tertiary/aromatic N) is 2. The van der Waals surface area contributed by atoms with Gasteiger partial charge in [0.25, 0.3) is 0 Å². The third-order valence-electron chi connectivity index (χ3n) is 5.96. The zero-order valence-corrected chi connectivity index (χ0v) is 18.3. The molecule has 0 aromatic heterocycles. The molecule has 1 saturated carbocycles. The molecule has 4 rings (SSSR count). The number of piperazine rings is 1. The van der Waals surface area contributed by atoms with E-state index in [0.29, 0.717) is 55.3 Å². The number of aryl methyl sites for hydroxylation is 1. The summed E-state index contributed by atoms with van der Waals surface area (Å²) in [6.07, 6.45) is 0.516. The largest absolute Gasteiger partial charge is 0.368 e. The summed E-state index contributed by atoms with van der Waals surface area (Å²) < 4.78 is 64.4. The highest BCUT2D eigenvalue weighted by Gasteiger charge is 2.65. The Hall–Kier alpha value is -2.00. The smallest absolute Gasteiger partial charge is 0.310 e. The van der Waals surface area contributed by atoms with Gasteiger partial charge >= 0.3 is 10.2 Å². The summed E-state index contributed by atoms with van der Waals surface area (Å²) in [6.45, 7) is 4.39. The SMILES string of the molecule is Cc1ccc(Cl)cc1N1CCN(C(=O)[C@H]2C[C@H]2c2ccc(S(F)(F)(F)(F)F)cc2)CC1. The fraction of sp³-hybridized carbons (Fsp3) is 0.381. The lowest BCUT2D eigenvalue weighted by Crippen LogP contribution is -2.49. The number of benzene rings is 2. The van der Waals surface area contributed by atoms with Crippen LogP contribution >= 0.6 is 21.8 Å². The maximum absolute atomic E-state index is 12.9. The fourth-order valence-electron chi connectivity index (χ4n) is 4.13. The first-order chi connectivity index (χ1) is 14.2. The highest BCUT2D eigenvalue weighted by Crippen LogP contribution is 3.02. The van der Waals surface area contributed by atoms with Crippen molar-refractivity contribution >= 4 is 33.4 Å². The van der Waals surface area contributed by atoms with Crippen LogP contribution in [0.3, 0.4) is 0 Å². The molecule has 1 amide bonds. The Kier molecular flexibility index (Phi) is 4.83. The van der Waals surface area contributed by atoms with E-state index >= 15 is 0 Å². The van der Waals surface area contributed by atoms with Crippen LogP contribution in [-0.4, -0.2) is 37.0 Å². The van der Waals surface area contributed by atoms with Gasteiger partial charge in [-0.05, 0) is 54.7 Å². The Bertz CT molecular complexity index is 1020. The maximum Gasteiger partial charge on any atom is 0.310 e. The molecule has 2 aromatic carbocycles. The van der Waals surface area contributed by atoms with E-state index in [2.05, 4.69) is 4.90 Å². The second-order valence-corrected chi connectivity index (χ2v) is 11.1. The Balaban J connectivity index is 1.37. The van der Waals surface area contributed by atoms with Gasteiger partial charge in [-0.1, -0.05) is 49.2 Å². The van der Waals surface area contributed by atoms with E-state index in [0.717, 1.165) is 23.4 Å². The Labute approximate surface area is 182 Å². The number of hydrogen-bond donors (Lipinski definition) is 0. The normalized spacial score (nSPS) is 23.8. The molecule has 0 radical (unpaired) electrons. The van der Waals surface area contributed by atoms with Gasteiger partial charge in [-0.2, -0.15) is 0 Å². The van der Waals surface area contributed by atoms with E-state index in [1.165, 1.54) is 0 Å². The molecular formula is C21H22ClF5N2OS. The van der Waals surface area contributed by atoms with Crippen molar-refractivity contribution in [1.29, 1.82) is 0 Å². The van der Waals surface area contributed by atoms with Crippen LogP contribution < -0.4 is 4.90 Å². The number of halogens is 6. The molecular weight excluding hydrogens is 459 g/mol. The summed E-state index contributed by atoms with van der Waals surface area (Å²) in [5, 5.41) is 0.649. The summed E-state index contributed by atoms with van der Waals surface area (Å²) in [5.41, 5.74) is 2.62. The Morgan fingerprint density at radius 1 is 0.968 bits per heavy atom. The molecule has 0 spiro atoms. The van der Waals surface area contributed by atoms with Gasteiger partial charge in [-0.15, -0.1) is 0 Å². The third-order valence-corrected chi connectivity index (χ3v) is 7.36. The molecule has 10 heteroatoms. The summed E-state index contributed by atoms with van der Waals surface area (Å²) in [6, 6.07) is 8.64. The van der Waals surface area contributed by atoms with Crippen molar-refractivity contribution in [3.63, 3.8) is 0 Å². The standard InChI is InChI=1S/C21H22ClF5N2OS/c1-14-2-5-16(22)12-20(14)28-8-10-29(11-9-28)21(30)19-13-18(19)15-3-6-17(7-4-15)31(23,24,25,26)27/h2-7,12,18-19H,8-11,13H2,1H3/t18-,19-/m0/s1. The quantitative estimate of drug-likeness (QED) is 0.451. The maximum atomic E-state index is 12.9. The summed E-state index contributed by atoms with van der Waals surface area (Å²) in [4.78, 5) is 14.9. The molecule has 2 aliphatic rings. The van der Waals surface area contributed by atoms with Crippen molar-refractivity contribution in [2.45, 2.75) is 24.2 Å². The number of anilines is 1. The second-order valence-electron chi connectivity index (χ2n) is 8.23. The van der Waals surface area contributed by atoms with Crippen molar-refractivity contribution in [2.75, 3.05) is 31.1 Å². The molecule has 2 aromatic rings. The van der Waals surface area contributed by atoms with Gasteiger partial charge < -0.3 is 9.80 Å². The van der Waals surface area contributed by atoms with Crippen molar-refractivity contribution in [1.82, 2.24) is 4.90 Å². The lowest BCUT2D eigenvalue weighted by atomic mass is 10.1. The molecule has 0 N–H and O–H groups in total. The minimum absolute atomic E-state index is 0.0377. The van der Waals surface area contributed by atoms with Crippen molar-refractivity contribution in [3.8, 4) is 0 Å². The van der Waals surface area contributed by atoms with E-state index in [4.69, 9.17) is 11.6 Å². The van der Waals surface area contributed by atoms with Crippen molar-refractivity contribution in [3.05, 3.63) is 58.6 Å². The van der Waals surface area contributed by atoms with Crippen LogP contribution in [0.15, 0.2) is 47.4 Å². The zero-order chi connectivity index (χ0) is 22.7. The first kappa shape index (κ1) is 22.2. The summed E-state index contributed by atoms with van der Waals surface area (Å²) in [7, 11) is -9.68. The lowest BCUT2D eigenvalue weighted by molar-refractivity contribution is -0.133. The van der Waals surface area contributed by atoms with E-state index < -0.39 is 15.1 Å². The van der Waals surface area contributed by atoms with E-state index in [1.807, 2.05) is 25.1 Å². The van der Waals surface area contributed by atoms with Crippen LogP contribution in [0.1, 0.15) is 23.5 Å². The van der Waals surface area contributed by atoms with E-state index in [1.54, 1.807) is 4.90 Å². The van der Waals surface area contributed by atoms with Gasteiger partial charge in [-0.3, -0.25) is 4.79 Å². The number of hydrogen-bond acceptors (Lipinski definition) is 2. The predicted molar refractivity (Wildman–Crippen MR) is 114 cm³/mol. The number of carbonyl (C=O) groups excluding carboxylic acids is 1. The Morgan fingerprint density at radius 3 is 2.16 bits per heavy atom. The molecule has 1 saturated heterocycles. The minimum Gasteiger partial charge on any atom is -0.368 e. The predicted octanol–water partition coefficient (Wildman–Crippen LogP) is 6.76. The van der Waals surface area contributed by atoms with Gasteiger partial charge in [0.05, 0.1) is 0 Å². The fourth-order valence-corrected chi connectivity index (χ4v) is 4.95. The van der Waals surface area contributed by atoms with E-state index in [9.17, 15) is 24.2 Å². The highest BCUT2D eigenvalue weighted by atomic mass is 35.5. The topological polar surface area (TPSA) is 23.6 Å². The first-order valence-corrected chi connectivity index (χ1v) is 12.2. The van der Waals surface area contributed by atoms with Crippen LogP contribution in [-0.2, 0) is 4.79 Å². The molecule has 2 fully saturated rings. The monoisotopic (exact) mass is 480 g/mol. The molecule has 3 nitrogen and oxygen atoms in total. The number of carbonyl (C=O) groups is 1. The molecule has 1 aliphatic carbocycles. The van der Waals surface area contributed by atoms with Gasteiger partial charge in [0.15, 0.2) is 0 Å². The molecule has 0 unspecified atom stereocenters. The van der Waals surface area contributed by atoms with Crippen LogP contribution in [0.5, 0.6) is 0 Å². The van der Waals surface area contributed by atoms with Crippen LogP contribution in [0, 0.1) is 12.8 Å². The van der Waals surface area contributed by atoms with Gasteiger partial charge in [0.1, 0.15) is 4.90 Å². The first-order valence-electron chi connectivity index (χ1n) is 9.87. The molecule has 1 heterocycles. The van der Waals surface area contributed by atoms with Crippen LogP contribution in [0.2, 0.25) is 5.02 Å². The average Bonchev–Trinajstić information content (AvgIpc) is 3.49. The molecule has 0 bridgehead atoms. The second kappa shape index (κ2) is 6.75. The van der Waals surface area contributed by atoms with Gasteiger partial charge in [0.2, 0.25) is 5.91 Å².